The molecule has 3 nitrogen and oxygen atoms in total. The molecule has 0 radical (unpaired) electrons. The van der Waals surface area contributed by atoms with Crippen LogP contribution in [0.3, 0.4) is 0 Å². The Labute approximate surface area is 75.9 Å². The van der Waals surface area contributed by atoms with Gasteiger partial charge in [-0.2, -0.15) is 4.89 Å². The summed E-state index contributed by atoms with van der Waals surface area (Å²) in [5.74, 6) is -1.26. The number of aliphatic hydroxyl groups is 1. The van der Waals surface area contributed by atoms with Gasteiger partial charge in [0.15, 0.2) is 0 Å². The van der Waals surface area contributed by atoms with Gasteiger partial charge in [-0.15, -0.1) is 0 Å². The Kier molecular flexibility index (Phi) is 4.93. The maximum absolute atomic E-state index is 10.4. The molecule has 12 heavy (non-hydrogen) atoms. The molecule has 0 aliphatic rings. The van der Waals surface area contributed by atoms with E-state index >= 15 is 0 Å². The Morgan fingerprint density at radius 1 is 1.25 bits per heavy atom. The van der Waals surface area contributed by atoms with Crippen molar-refractivity contribution >= 4 is 19.0 Å². The third kappa shape index (κ3) is 2.83. The van der Waals surface area contributed by atoms with Crippen LogP contribution in [0.4, 0.5) is 0 Å². The fourth-order valence-corrected chi connectivity index (χ4v) is 1.18. The zero-order valence-electron chi connectivity index (χ0n) is 5.71. The van der Waals surface area contributed by atoms with Crippen LogP contribution in [-0.4, -0.2) is 21.0 Å². The van der Waals surface area contributed by atoms with Crippen LogP contribution in [0.25, 0.3) is 0 Å². The summed E-state index contributed by atoms with van der Waals surface area (Å²) in [5.41, 5.74) is 0.469. The molecule has 0 aromatic heterocycles. The molecule has 0 spiro atoms. The van der Waals surface area contributed by atoms with Gasteiger partial charge in [-0.05, 0) is 15.5 Å². The fraction of sp³-hybridized carbons (Fsp3) is 0.143. The van der Waals surface area contributed by atoms with E-state index in [4.69, 9.17) is 10.00 Å². The van der Waals surface area contributed by atoms with Crippen LogP contribution in [0.5, 0.6) is 0 Å². The van der Waals surface area contributed by atoms with Crippen LogP contribution < -0.4 is 0 Å². The van der Waals surface area contributed by atoms with Gasteiger partial charge in [0.1, 0.15) is 0 Å². The van der Waals surface area contributed by atoms with Crippen LogP contribution in [-0.2, 0) is 4.57 Å². The largest absolute Gasteiger partial charge is 0.542 e. The molecule has 2 unspecified atom stereocenters. The second-order valence-corrected chi connectivity index (χ2v) is 3.18. The normalized spacial score (nSPS) is 13.0. The number of hydrogen-bond acceptors (Lipinski definition) is 2. The van der Waals surface area contributed by atoms with E-state index in [0.29, 0.717) is 5.56 Å². The summed E-state index contributed by atoms with van der Waals surface area (Å²) in [4.78, 5) is 8.53. The molecule has 0 fully saturated rings. The molecule has 0 saturated carbocycles. The first kappa shape index (κ1) is 11.5. The lowest BCUT2D eigenvalue weighted by Crippen LogP contribution is -1.89. The van der Waals surface area contributed by atoms with Crippen molar-refractivity contribution < 1.29 is 14.6 Å². The third-order valence-corrected chi connectivity index (χ3v) is 2.02. The molecule has 0 aliphatic heterocycles. The average Bonchev–Trinajstić information content (AvgIpc) is 2.05. The van der Waals surface area contributed by atoms with Gasteiger partial charge in [0.2, 0.25) is 0 Å². The monoisotopic (exact) mass is 203 g/mol. The summed E-state index contributed by atoms with van der Waals surface area (Å²) in [6.45, 7) is 0. The lowest BCUT2D eigenvalue weighted by molar-refractivity contribution is 0.243. The highest BCUT2D eigenvalue weighted by molar-refractivity contribution is 7.38. The first-order valence-electron chi connectivity index (χ1n) is 3.10. The first-order chi connectivity index (χ1) is 5.22. The molecule has 0 bridgehead atoms. The van der Waals surface area contributed by atoms with E-state index < -0.39 is 13.9 Å². The number of hydrogen-bond donors (Lipinski definition) is 2. The van der Waals surface area contributed by atoms with Gasteiger partial charge in [-0.25, -0.2) is 0 Å². The van der Waals surface area contributed by atoms with E-state index in [2.05, 4.69) is 0 Å². The summed E-state index contributed by atoms with van der Waals surface area (Å²) in [5, 5.41) is 9.06. The lowest BCUT2D eigenvalue weighted by Gasteiger charge is -1.94. The van der Waals surface area contributed by atoms with Gasteiger partial charge < -0.3 is 5.11 Å². The van der Waals surface area contributed by atoms with Crippen LogP contribution in [0, 0.1) is 0 Å². The molecule has 0 heterocycles. The van der Waals surface area contributed by atoms with E-state index in [1.807, 2.05) is 0 Å². The highest BCUT2D eigenvalue weighted by Gasteiger charge is 2.27. The Morgan fingerprint density at radius 2 is 1.75 bits per heavy atom. The molecular formula is C7H12O3PSi+. The Balaban J connectivity index is 0.00000121. The summed E-state index contributed by atoms with van der Waals surface area (Å²) >= 11 is 0. The van der Waals surface area contributed by atoms with Crippen LogP contribution in [0.15, 0.2) is 30.3 Å². The van der Waals surface area contributed by atoms with Gasteiger partial charge in [-0.1, -0.05) is 30.3 Å². The molecular weight excluding hydrogens is 191 g/mol. The van der Waals surface area contributed by atoms with Gasteiger partial charge >= 0.3 is 13.9 Å². The van der Waals surface area contributed by atoms with Gasteiger partial charge in [0, 0.05) is 5.56 Å². The maximum atomic E-state index is 10.4. The van der Waals surface area contributed by atoms with Gasteiger partial charge in [-0.3, -0.25) is 0 Å². The smallest absolute Gasteiger partial charge is 0.345 e. The second kappa shape index (κ2) is 5.16. The topological polar surface area (TPSA) is 57.5 Å². The van der Waals surface area contributed by atoms with E-state index in [9.17, 15) is 4.57 Å². The zero-order chi connectivity index (χ0) is 8.27. The Hall–Kier alpha value is -0.543. The minimum atomic E-state index is -2.53. The third-order valence-electron chi connectivity index (χ3n) is 1.31. The fourth-order valence-electron chi connectivity index (χ4n) is 0.753. The lowest BCUT2D eigenvalue weighted by atomic mass is 10.2. The summed E-state index contributed by atoms with van der Waals surface area (Å²) < 4.78 is 10.4. The quantitative estimate of drug-likeness (QED) is 0.524. The molecule has 0 amide bonds. The highest BCUT2D eigenvalue weighted by Crippen LogP contribution is 2.34. The molecule has 0 saturated heterocycles. The summed E-state index contributed by atoms with van der Waals surface area (Å²) in [6, 6.07) is 8.40. The van der Waals surface area contributed by atoms with E-state index in [-0.39, 0.29) is 11.0 Å². The van der Waals surface area contributed by atoms with Crippen LogP contribution in [0.2, 0.25) is 0 Å². The second-order valence-electron chi connectivity index (χ2n) is 2.09. The molecule has 2 N–H and O–H groups in total. The van der Waals surface area contributed by atoms with Gasteiger partial charge in [0.25, 0.3) is 0 Å². The van der Waals surface area contributed by atoms with Crippen molar-refractivity contribution in [2.24, 2.45) is 0 Å². The average molecular weight is 203 g/mol. The maximum Gasteiger partial charge on any atom is 0.542 e. The summed E-state index contributed by atoms with van der Waals surface area (Å²) in [7, 11) is -2.53. The molecule has 1 aromatic rings. The first-order valence-corrected chi connectivity index (χ1v) is 4.38. The number of benzene rings is 1. The minimum absolute atomic E-state index is 0. The van der Waals surface area contributed by atoms with Crippen molar-refractivity contribution in [3.63, 3.8) is 0 Å². The van der Waals surface area contributed by atoms with Crippen molar-refractivity contribution in [2.45, 2.75) is 5.85 Å². The number of rotatable bonds is 2. The van der Waals surface area contributed by atoms with Crippen molar-refractivity contribution in [3.05, 3.63) is 35.9 Å². The standard InChI is InChI=1S/C7H7O3P.H4Si/c8-7(11(9)10)6-4-2-1-3-5-6;/h1-5,7-8H;1H4/p+1. The van der Waals surface area contributed by atoms with E-state index in [0.717, 1.165) is 0 Å². The van der Waals surface area contributed by atoms with E-state index in [1.165, 1.54) is 0 Å². The van der Waals surface area contributed by atoms with Crippen LogP contribution >= 0.6 is 8.03 Å². The summed E-state index contributed by atoms with van der Waals surface area (Å²) in [6.07, 6.45) is 0. The molecule has 1 rings (SSSR count). The molecule has 0 aliphatic carbocycles. The Morgan fingerprint density at radius 3 is 2.17 bits per heavy atom. The van der Waals surface area contributed by atoms with E-state index in [1.54, 1.807) is 30.3 Å². The predicted octanol–water partition coefficient (Wildman–Crippen LogP) is -0.0394. The van der Waals surface area contributed by atoms with Crippen LogP contribution in [0.1, 0.15) is 11.4 Å². The Bertz CT molecular complexity index is 252. The predicted molar refractivity (Wildman–Crippen MR) is 52.6 cm³/mol. The molecule has 5 heteroatoms. The molecule has 66 valence electrons. The molecule has 2 atom stereocenters. The SMILES string of the molecule is O=[P+](O)C(O)c1ccccc1.[SiH4]. The van der Waals surface area contributed by atoms with Gasteiger partial charge in [0.05, 0.1) is 0 Å². The van der Waals surface area contributed by atoms with Crippen molar-refractivity contribution in [1.29, 1.82) is 0 Å². The van der Waals surface area contributed by atoms with Crippen molar-refractivity contribution in [3.8, 4) is 0 Å². The highest BCUT2D eigenvalue weighted by atomic mass is 31.1. The molecule has 1 aromatic carbocycles. The number of aliphatic hydroxyl groups excluding tert-OH is 1. The van der Waals surface area contributed by atoms with Crippen molar-refractivity contribution in [1.82, 2.24) is 0 Å². The van der Waals surface area contributed by atoms with Crippen molar-refractivity contribution in [2.75, 3.05) is 0 Å². The minimum Gasteiger partial charge on any atom is -0.345 e. The zero-order valence-corrected chi connectivity index (χ0v) is 6.61.